The quantitative estimate of drug-likeness (QED) is 0.882. The highest BCUT2D eigenvalue weighted by atomic mass is 35.5. The van der Waals surface area contributed by atoms with Crippen molar-refractivity contribution in [2.24, 2.45) is 0 Å². The molecule has 21 heavy (non-hydrogen) atoms. The minimum absolute atomic E-state index is 0.295. The summed E-state index contributed by atoms with van der Waals surface area (Å²) in [6, 6.07) is 9.83. The maximum Gasteiger partial charge on any atom is 0.340 e. The normalized spacial score (nSPS) is 11.5. The topological polar surface area (TPSA) is 68.3 Å². The molecule has 2 aromatic rings. The lowest BCUT2D eigenvalue weighted by Crippen LogP contribution is -2.30. The first kappa shape index (κ1) is 15.0. The number of pyridine rings is 1. The lowest BCUT2D eigenvalue weighted by molar-refractivity contribution is -0.123. The largest absolute Gasteiger partial charge is 0.449 e. The van der Waals surface area contributed by atoms with E-state index in [0.717, 1.165) is 0 Å². The van der Waals surface area contributed by atoms with Crippen molar-refractivity contribution in [3.05, 3.63) is 59.4 Å². The van der Waals surface area contributed by atoms with Crippen molar-refractivity contribution in [1.29, 1.82) is 0 Å². The number of benzene rings is 1. The number of rotatable bonds is 4. The Morgan fingerprint density at radius 3 is 2.57 bits per heavy atom. The first-order valence-electron chi connectivity index (χ1n) is 6.23. The summed E-state index contributed by atoms with van der Waals surface area (Å²) in [7, 11) is 0. The van der Waals surface area contributed by atoms with Gasteiger partial charge in [0.05, 0.1) is 5.56 Å². The smallest absolute Gasteiger partial charge is 0.340 e. The fourth-order valence-corrected chi connectivity index (χ4v) is 1.67. The van der Waals surface area contributed by atoms with Crippen LogP contribution in [0.2, 0.25) is 5.02 Å². The number of hydrogen-bond acceptors (Lipinski definition) is 4. The van der Waals surface area contributed by atoms with Crippen molar-refractivity contribution < 1.29 is 14.3 Å². The third-order valence-electron chi connectivity index (χ3n) is 2.66. The van der Waals surface area contributed by atoms with E-state index in [4.69, 9.17) is 16.3 Å². The predicted molar refractivity (Wildman–Crippen MR) is 79.2 cm³/mol. The van der Waals surface area contributed by atoms with Gasteiger partial charge in [-0.15, -0.1) is 0 Å². The van der Waals surface area contributed by atoms with Gasteiger partial charge in [-0.1, -0.05) is 11.6 Å². The number of carbonyl (C=O) groups excluding carboxylic acids is 2. The molecule has 108 valence electrons. The number of esters is 1. The molecule has 1 heterocycles. The molecule has 1 atom stereocenters. The van der Waals surface area contributed by atoms with Gasteiger partial charge in [-0.2, -0.15) is 0 Å². The summed E-state index contributed by atoms with van der Waals surface area (Å²) < 4.78 is 5.08. The maximum atomic E-state index is 11.9. The Balaban J connectivity index is 1.93. The van der Waals surface area contributed by atoms with Gasteiger partial charge in [0, 0.05) is 23.1 Å². The van der Waals surface area contributed by atoms with Crippen LogP contribution in [-0.4, -0.2) is 23.0 Å². The van der Waals surface area contributed by atoms with E-state index in [1.54, 1.807) is 42.6 Å². The molecule has 0 saturated heterocycles. The zero-order valence-electron chi connectivity index (χ0n) is 11.2. The van der Waals surface area contributed by atoms with Crippen molar-refractivity contribution in [3.8, 4) is 0 Å². The van der Waals surface area contributed by atoms with Crippen LogP contribution in [0.5, 0.6) is 0 Å². The van der Waals surface area contributed by atoms with Crippen molar-refractivity contribution in [2.45, 2.75) is 13.0 Å². The van der Waals surface area contributed by atoms with Crippen LogP contribution in [0.3, 0.4) is 0 Å². The Kier molecular flexibility index (Phi) is 4.90. The summed E-state index contributed by atoms with van der Waals surface area (Å²) >= 11 is 5.76. The molecule has 1 amide bonds. The molecule has 1 aromatic heterocycles. The Morgan fingerprint density at radius 1 is 1.24 bits per heavy atom. The van der Waals surface area contributed by atoms with E-state index in [1.807, 2.05) is 0 Å². The van der Waals surface area contributed by atoms with Crippen LogP contribution in [0.1, 0.15) is 17.3 Å². The number of carbonyl (C=O) groups is 2. The standard InChI is InChI=1S/C15H13ClN2O3/c1-10(21-15(20)11-3-2-8-17-9-11)14(19)18-13-6-4-12(16)5-7-13/h2-10H,1H3,(H,18,19). The zero-order chi connectivity index (χ0) is 15.2. The molecule has 1 unspecified atom stereocenters. The fourth-order valence-electron chi connectivity index (χ4n) is 1.54. The zero-order valence-corrected chi connectivity index (χ0v) is 12.0. The highest BCUT2D eigenvalue weighted by molar-refractivity contribution is 6.30. The van der Waals surface area contributed by atoms with E-state index in [1.165, 1.54) is 13.1 Å². The van der Waals surface area contributed by atoms with Crippen molar-refractivity contribution >= 4 is 29.2 Å². The number of amides is 1. The number of nitrogens with one attached hydrogen (secondary N) is 1. The minimum atomic E-state index is -0.923. The fraction of sp³-hybridized carbons (Fsp3) is 0.133. The average Bonchev–Trinajstić information content (AvgIpc) is 2.50. The van der Waals surface area contributed by atoms with Gasteiger partial charge in [0.2, 0.25) is 0 Å². The number of nitrogens with zero attached hydrogens (tertiary/aromatic N) is 1. The second-order valence-corrected chi connectivity index (χ2v) is 4.72. The summed E-state index contributed by atoms with van der Waals surface area (Å²) in [6.45, 7) is 1.50. The summed E-state index contributed by atoms with van der Waals surface area (Å²) in [6.07, 6.45) is 2.01. The summed E-state index contributed by atoms with van der Waals surface area (Å²) in [5.74, 6) is -1.02. The molecule has 0 bridgehead atoms. The van der Waals surface area contributed by atoms with E-state index >= 15 is 0 Å². The van der Waals surface area contributed by atoms with Crippen LogP contribution in [0.25, 0.3) is 0 Å². The maximum absolute atomic E-state index is 11.9. The van der Waals surface area contributed by atoms with E-state index in [2.05, 4.69) is 10.3 Å². The van der Waals surface area contributed by atoms with Gasteiger partial charge < -0.3 is 10.1 Å². The molecular formula is C15H13ClN2O3. The van der Waals surface area contributed by atoms with Gasteiger partial charge in [-0.3, -0.25) is 9.78 Å². The molecule has 0 aliphatic heterocycles. The molecule has 6 heteroatoms. The van der Waals surface area contributed by atoms with Crippen molar-refractivity contribution in [1.82, 2.24) is 4.98 Å². The predicted octanol–water partition coefficient (Wildman–Crippen LogP) is 2.92. The molecule has 0 aliphatic rings. The van der Waals surface area contributed by atoms with Crippen LogP contribution < -0.4 is 5.32 Å². The molecule has 0 fully saturated rings. The number of hydrogen-bond donors (Lipinski definition) is 1. The molecule has 0 spiro atoms. The molecular weight excluding hydrogens is 292 g/mol. The lowest BCUT2D eigenvalue weighted by atomic mass is 10.2. The molecule has 0 radical (unpaired) electrons. The average molecular weight is 305 g/mol. The summed E-state index contributed by atoms with van der Waals surface area (Å²) in [5, 5.41) is 3.21. The van der Waals surface area contributed by atoms with Crippen molar-refractivity contribution in [2.75, 3.05) is 5.32 Å². The van der Waals surface area contributed by atoms with Crippen LogP contribution in [0, 0.1) is 0 Å². The van der Waals surface area contributed by atoms with Crippen LogP contribution in [-0.2, 0) is 9.53 Å². The Morgan fingerprint density at radius 2 is 1.95 bits per heavy atom. The molecule has 1 aromatic carbocycles. The Labute approximate surface area is 126 Å². The van der Waals surface area contributed by atoms with Crippen LogP contribution in [0.4, 0.5) is 5.69 Å². The molecule has 0 saturated carbocycles. The first-order chi connectivity index (χ1) is 10.1. The van der Waals surface area contributed by atoms with Gasteiger partial charge in [-0.05, 0) is 43.3 Å². The number of anilines is 1. The van der Waals surface area contributed by atoms with Gasteiger partial charge in [-0.25, -0.2) is 4.79 Å². The lowest BCUT2D eigenvalue weighted by Gasteiger charge is -2.13. The Bertz CT molecular complexity index is 629. The van der Waals surface area contributed by atoms with E-state index < -0.39 is 18.0 Å². The van der Waals surface area contributed by atoms with E-state index in [-0.39, 0.29) is 0 Å². The van der Waals surface area contributed by atoms with Crippen molar-refractivity contribution in [3.63, 3.8) is 0 Å². The molecule has 1 N–H and O–H groups in total. The van der Waals surface area contributed by atoms with Crippen LogP contribution >= 0.6 is 11.6 Å². The number of aromatic nitrogens is 1. The van der Waals surface area contributed by atoms with Gasteiger partial charge in [0.15, 0.2) is 6.10 Å². The monoisotopic (exact) mass is 304 g/mol. The second kappa shape index (κ2) is 6.85. The number of ether oxygens (including phenoxy) is 1. The first-order valence-corrected chi connectivity index (χ1v) is 6.61. The highest BCUT2D eigenvalue weighted by Crippen LogP contribution is 2.14. The molecule has 5 nitrogen and oxygen atoms in total. The third kappa shape index (κ3) is 4.29. The van der Waals surface area contributed by atoms with Gasteiger partial charge in [0.25, 0.3) is 5.91 Å². The van der Waals surface area contributed by atoms with Crippen LogP contribution in [0.15, 0.2) is 48.8 Å². The second-order valence-electron chi connectivity index (χ2n) is 4.29. The molecule has 2 rings (SSSR count). The van der Waals surface area contributed by atoms with Gasteiger partial charge in [0.1, 0.15) is 0 Å². The number of halogens is 1. The highest BCUT2D eigenvalue weighted by Gasteiger charge is 2.19. The van der Waals surface area contributed by atoms with E-state index in [0.29, 0.717) is 16.3 Å². The van der Waals surface area contributed by atoms with E-state index in [9.17, 15) is 9.59 Å². The molecule has 0 aliphatic carbocycles. The SMILES string of the molecule is CC(OC(=O)c1cccnc1)C(=O)Nc1ccc(Cl)cc1. The minimum Gasteiger partial charge on any atom is -0.449 e. The summed E-state index contributed by atoms with van der Waals surface area (Å²) in [5.41, 5.74) is 0.873. The van der Waals surface area contributed by atoms with Gasteiger partial charge >= 0.3 is 5.97 Å². The Hall–Kier alpha value is -2.40. The summed E-state index contributed by atoms with van der Waals surface area (Å²) in [4.78, 5) is 27.5. The third-order valence-corrected chi connectivity index (χ3v) is 2.91.